The maximum absolute atomic E-state index is 2.41. The molecule has 0 aliphatic heterocycles. The van der Waals surface area contributed by atoms with Crippen molar-refractivity contribution in [2.24, 2.45) is 0 Å². The van der Waals surface area contributed by atoms with Crippen LogP contribution in [0.25, 0.3) is 82.1 Å². The summed E-state index contributed by atoms with van der Waals surface area (Å²) in [6, 6.07) is 79.4. The van der Waals surface area contributed by atoms with Gasteiger partial charge in [0.1, 0.15) is 0 Å². The normalized spacial score (nSPS) is 11.6. The lowest BCUT2D eigenvalue weighted by molar-refractivity contribution is 1.18. The Hall–Kier alpha value is -7.42. The van der Waals surface area contributed by atoms with E-state index in [4.69, 9.17) is 0 Å². The summed E-state index contributed by atoms with van der Waals surface area (Å²) in [5.41, 5.74) is 11.6. The number of para-hydroxylation sites is 4. The van der Waals surface area contributed by atoms with Crippen molar-refractivity contribution < 1.29 is 0 Å². The highest BCUT2D eigenvalue weighted by atomic mass is 15.1. The first-order valence-corrected chi connectivity index (χ1v) is 19.3. The largest absolute Gasteiger partial charge is 0.310 e. The van der Waals surface area contributed by atoms with Gasteiger partial charge in [-0.2, -0.15) is 0 Å². The van der Waals surface area contributed by atoms with E-state index in [1.54, 1.807) is 0 Å². The van der Waals surface area contributed by atoms with Gasteiger partial charge in [-0.15, -0.1) is 0 Å². The summed E-state index contributed by atoms with van der Waals surface area (Å²) in [6.45, 7) is 0. The monoisotopic (exact) mass is 712 g/mol. The highest BCUT2D eigenvalue weighted by Gasteiger charge is 2.17. The van der Waals surface area contributed by atoms with Crippen molar-refractivity contribution in [3.8, 4) is 27.9 Å². The van der Waals surface area contributed by atoms with Crippen LogP contribution < -0.4 is 4.90 Å². The third kappa shape index (κ3) is 5.26. The Kier molecular flexibility index (Phi) is 7.53. The molecule has 0 fully saturated rings. The third-order valence-electron chi connectivity index (χ3n) is 11.3. The van der Waals surface area contributed by atoms with E-state index in [0.717, 1.165) is 17.1 Å². The van der Waals surface area contributed by atoms with E-state index in [1.165, 1.54) is 82.1 Å². The molecule has 0 aliphatic carbocycles. The fourth-order valence-electron chi connectivity index (χ4n) is 8.75. The minimum absolute atomic E-state index is 1.10. The number of rotatable bonds is 6. The molecule has 0 saturated heterocycles. The average Bonchev–Trinajstić information content (AvgIpc) is 3.61. The molecule has 1 heterocycles. The first-order valence-electron chi connectivity index (χ1n) is 19.3. The Morgan fingerprint density at radius 3 is 1.64 bits per heavy atom. The van der Waals surface area contributed by atoms with Crippen molar-refractivity contribution in [2.45, 2.75) is 0 Å². The topological polar surface area (TPSA) is 8.17 Å². The van der Waals surface area contributed by atoms with Crippen LogP contribution >= 0.6 is 0 Å². The zero-order valence-corrected chi connectivity index (χ0v) is 30.7. The van der Waals surface area contributed by atoms with E-state index in [-0.39, 0.29) is 0 Å². The summed E-state index contributed by atoms with van der Waals surface area (Å²) in [7, 11) is 0. The lowest BCUT2D eigenvalue weighted by Crippen LogP contribution is -2.09. The van der Waals surface area contributed by atoms with Crippen molar-refractivity contribution in [1.82, 2.24) is 4.57 Å². The average molecular weight is 713 g/mol. The van der Waals surface area contributed by atoms with Gasteiger partial charge in [0.05, 0.1) is 16.7 Å². The summed E-state index contributed by atoms with van der Waals surface area (Å²) in [4.78, 5) is 2.35. The molecule has 0 aliphatic rings. The van der Waals surface area contributed by atoms with E-state index in [0.29, 0.717) is 0 Å². The van der Waals surface area contributed by atoms with Crippen molar-refractivity contribution in [2.75, 3.05) is 4.90 Å². The van der Waals surface area contributed by atoms with Crippen LogP contribution in [0, 0.1) is 0 Å². The van der Waals surface area contributed by atoms with Gasteiger partial charge in [-0.1, -0.05) is 158 Å². The fraction of sp³-hybridized carbons (Fsp3) is 0. The summed E-state index contributed by atoms with van der Waals surface area (Å²) >= 11 is 0. The molecule has 0 unspecified atom stereocenters. The van der Waals surface area contributed by atoms with Gasteiger partial charge in [0, 0.05) is 33.4 Å². The summed E-state index contributed by atoms with van der Waals surface area (Å²) in [6.07, 6.45) is 0. The van der Waals surface area contributed by atoms with Crippen molar-refractivity contribution >= 4 is 71.2 Å². The molecule has 2 nitrogen and oxygen atoms in total. The number of aromatic nitrogens is 1. The number of hydrogen-bond donors (Lipinski definition) is 0. The van der Waals surface area contributed by atoms with E-state index < -0.39 is 0 Å². The molecule has 0 N–H and O–H groups in total. The molecule has 2 heteroatoms. The third-order valence-corrected chi connectivity index (χ3v) is 11.3. The quantitative estimate of drug-likeness (QED) is 0.156. The predicted molar refractivity (Wildman–Crippen MR) is 239 cm³/mol. The van der Waals surface area contributed by atoms with Crippen LogP contribution in [0.4, 0.5) is 17.1 Å². The second kappa shape index (κ2) is 13.2. The summed E-state index contributed by atoms with van der Waals surface area (Å²) in [5, 5.41) is 10.2. The van der Waals surface area contributed by atoms with Gasteiger partial charge < -0.3 is 9.47 Å². The van der Waals surface area contributed by atoms with Gasteiger partial charge in [0.25, 0.3) is 0 Å². The Bertz CT molecular complexity index is 3190. The Morgan fingerprint density at radius 2 is 0.857 bits per heavy atom. The molecule has 11 rings (SSSR count). The maximum atomic E-state index is 2.41. The van der Waals surface area contributed by atoms with Gasteiger partial charge in [-0.3, -0.25) is 0 Å². The minimum Gasteiger partial charge on any atom is -0.310 e. The molecule has 0 spiro atoms. The van der Waals surface area contributed by atoms with Gasteiger partial charge in [-0.25, -0.2) is 0 Å². The maximum Gasteiger partial charge on any atom is 0.0541 e. The molecular weight excluding hydrogens is 677 g/mol. The van der Waals surface area contributed by atoms with Gasteiger partial charge in [-0.05, 0) is 110 Å². The van der Waals surface area contributed by atoms with Crippen LogP contribution in [-0.4, -0.2) is 4.57 Å². The number of hydrogen-bond acceptors (Lipinski definition) is 1. The Labute approximate surface area is 325 Å². The molecule has 0 bridgehead atoms. The molecule has 56 heavy (non-hydrogen) atoms. The lowest BCUT2D eigenvalue weighted by Gasteiger charge is -2.26. The summed E-state index contributed by atoms with van der Waals surface area (Å²) < 4.78 is 2.41. The number of nitrogens with zero attached hydrogens (tertiary/aromatic N) is 2. The second-order valence-electron chi connectivity index (χ2n) is 14.5. The molecule has 10 aromatic carbocycles. The molecular formula is C54H36N2. The van der Waals surface area contributed by atoms with Crippen LogP contribution in [0.15, 0.2) is 218 Å². The van der Waals surface area contributed by atoms with Crippen molar-refractivity contribution in [1.29, 1.82) is 0 Å². The first-order chi connectivity index (χ1) is 27.8. The SMILES string of the molecule is c1ccc(N(c2ccc(-c3ccccc3-n3c4ccccc4c4ccccc43)cc2)c2cccc(-c3ccc4c(ccc5ccc6ccccc6c54)c3)c2)cc1. The first kappa shape index (κ1) is 32.0. The van der Waals surface area contributed by atoms with Crippen molar-refractivity contribution in [3.63, 3.8) is 0 Å². The van der Waals surface area contributed by atoms with E-state index in [9.17, 15) is 0 Å². The van der Waals surface area contributed by atoms with Gasteiger partial charge >= 0.3 is 0 Å². The number of fused-ring (bicyclic) bond motifs is 8. The molecule has 11 aromatic rings. The molecule has 0 atom stereocenters. The van der Waals surface area contributed by atoms with Crippen LogP contribution in [-0.2, 0) is 0 Å². The van der Waals surface area contributed by atoms with Crippen LogP contribution in [0.2, 0.25) is 0 Å². The Balaban J connectivity index is 0.995. The van der Waals surface area contributed by atoms with Crippen LogP contribution in [0.5, 0.6) is 0 Å². The van der Waals surface area contributed by atoms with E-state index in [2.05, 4.69) is 228 Å². The second-order valence-corrected chi connectivity index (χ2v) is 14.5. The summed E-state index contributed by atoms with van der Waals surface area (Å²) in [5.74, 6) is 0. The molecule has 262 valence electrons. The van der Waals surface area contributed by atoms with Crippen LogP contribution in [0.3, 0.4) is 0 Å². The lowest BCUT2D eigenvalue weighted by atomic mass is 9.94. The zero-order valence-electron chi connectivity index (χ0n) is 30.7. The fourth-order valence-corrected chi connectivity index (χ4v) is 8.75. The van der Waals surface area contributed by atoms with Gasteiger partial charge in [0.15, 0.2) is 0 Å². The number of benzene rings is 10. The number of anilines is 3. The molecule has 1 aromatic heterocycles. The zero-order chi connectivity index (χ0) is 37.0. The van der Waals surface area contributed by atoms with Crippen LogP contribution in [0.1, 0.15) is 0 Å². The highest BCUT2D eigenvalue weighted by Crippen LogP contribution is 2.41. The predicted octanol–water partition coefficient (Wildman–Crippen LogP) is 15.0. The standard InChI is InChI=1S/C54H36N2/c1-2-15-43(16-3-1)55(45-17-12-14-40(36-45)41-31-34-48-42(35-41)28-27-39-26-25-37-13-4-5-19-47(37)54(39)48)44-32-29-38(30-33-44)46-18-6-9-22-51(46)56-52-23-10-7-20-49(52)50-21-8-11-24-53(50)56/h1-36H. The molecule has 0 radical (unpaired) electrons. The van der Waals surface area contributed by atoms with E-state index >= 15 is 0 Å². The van der Waals surface area contributed by atoms with Crippen molar-refractivity contribution in [3.05, 3.63) is 218 Å². The highest BCUT2D eigenvalue weighted by molar-refractivity contribution is 6.20. The smallest absolute Gasteiger partial charge is 0.0541 e. The minimum atomic E-state index is 1.10. The molecule has 0 amide bonds. The molecule has 0 saturated carbocycles. The van der Waals surface area contributed by atoms with Gasteiger partial charge in [0.2, 0.25) is 0 Å². The Morgan fingerprint density at radius 1 is 0.304 bits per heavy atom. The van der Waals surface area contributed by atoms with E-state index in [1.807, 2.05) is 0 Å².